The summed E-state index contributed by atoms with van der Waals surface area (Å²) in [7, 11) is 0. The average molecular weight is 591 g/mol. The van der Waals surface area contributed by atoms with Crippen molar-refractivity contribution in [2.75, 3.05) is 25.0 Å². The average Bonchev–Trinajstić information content (AvgIpc) is 3.48. The molecule has 222 valence electrons. The fraction of sp³-hybridized carbons (Fsp3) is 0.182. The predicted octanol–water partition coefficient (Wildman–Crippen LogP) is 5.28. The van der Waals surface area contributed by atoms with Crippen molar-refractivity contribution >= 4 is 51.1 Å². The molecule has 11 nitrogen and oxygen atoms in total. The molecule has 1 aliphatic rings. The SMILES string of the molecule is CCOC(=O)N1CC=C(c2cc3c(-c4cccc(NC(=O)n5cnc6ccccc6c5=O)c4C)ccc(C(N)=O)c3[nH]2)CC1. The van der Waals surface area contributed by atoms with E-state index in [1.807, 2.05) is 37.3 Å². The highest BCUT2D eigenvalue weighted by Gasteiger charge is 2.22. The van der Waals surface area contributed by atoms with Gasteiger partial charge in [-0.15, -0.1) is 0 Å². The lowest BCUT2D eigenvalue weighted by atomic mass is 9.94. The lowest BCUT2D eigenvalue weighted by Gasteiger charge is -2.25. The summed E-state index contributed by atoms with van der Waals surface area (Å²) in [6, 6.07) is 17.2. The van der Waals surface area contributed by atoms with E-state index in [1.54, 1.807) is 48.2 Å². The topological polar surface area (TPSA) is 152 Å². The Balaban J connectivity index is 1.36. The summed E-state index contributed by atoms with van der Waals surface area (Å²) in [6.45, 7) is 4.88. The minimum absolute atomic E-state index is 0.316. The van der Waals surface area contributed by atoms with Gasteiger partial charge >= 0.3 is 12.1 Å². The Hall–Kier alpha value is -5.71. The number of carbonyl (C=O) groups is 3. The van der Waals surface area contributed by atoms with Crippen LogP contribution in [0.4, 0.5) is 15.3 Å². The zero-order chi connectivity index (χ0) is 31.0. The highest BCUT2D eigenvalue weighted by molar-refractivity contribution is 6.10. The van der Waals surface area contributed by atoms with Crippen LogP contribution in [0.1, 0.15) is 35.0 Å². The first-order chi connectivity index (χ1) is 21.3. The van der Waals surface area contributed by atoms with E-state index in [1.165, 1.54) is 6.33 Å². The molecule has 44 heavy (non-hydrogen) atoms. The Morgan fingerprint density at radius 3 is 2.61 bits per heavy atom. The molecule has 0 radical (unpaired) electrons. The van der Waals surface area contributed by atoms with Crippen molar-refractivity contribution in [3.63, 3.8) is 0 Å². The second kappa shape index (κ2) is 11.5. The van der Waals surface area contributed by atoms with Crippen molar-refractivity contribution in [1.82, 2.24) is 19.4 Å². The number of ether oxygens (including phenoxy) is 1. The second-order valence-corrected chi connectivity index (χ2v) is 10.5. The molecule has 4 N–H and O–H groups in total. The number of para-hydroxylation sites is 1. The van der Waals surface area contributed by atoms with Gasteiger partial charge in [-0.1, -0.05) is 36.4 Å². The number of nitrogens with two attached hydrogens (primary N) is 1. The molecule has 11 heteroatoms. The molecule has 0 spiro atoms. The number of hydrogen-bond donors (Lipinski definition) is 3. The zero-order valence-electron chi connectivity index (χ0n) is 24.2. The maximum absolute atomic E-state index is 13.2. The molecule has 3 amide bonds. The smallest absolute Gasteiger partial charge is 0.410 e. The van der Waals surface area contributed by atoms with Crippen LogP contribution >= 0.6 is 0 Å². The molecule has 1 aliphatic heterocycles. The van der Waals surface area contributed by atoms with Crippen LogP contribution in [0.5, 0.6) is 0 Å². The van der Waals surface area contributed by atoms with Crippen molar-refractivity contribution in [2.45, 2.75) is 20.3 Å². The fourth-order valence-electron chi connectivity index (χ4n) is 5.58. The van der Waals surface area contributed by atoms with Gasteiger partial charge in [0, 0.05) is 29.9 Å². The number of amides is 3. The maximum Gasteiger partial charge on any atom is 0.410 e. The quantitative estimate of drug-likeness (QED) is 0.253. The van der Waals surface area contributed by atoms with Gasteiger partial charge in [0.25, 0.3) is 11.5 Å². The normalized spacial score (nSPS) is 13.1. The van der Waals surface area contributed by atoms with Crippen LogP contribution in [0.2, 0.25) is 0 Å². The Labute approximate surface area is 251 Å². The van der Waals surface area contributed by atoms with Gasteiger partial charge in [-0.2, -0.15) is 0 Å². The highest BCUT2D eigenvalue weighted by atomic mass is 16.6. The molecule has 0 saturated heterocycles. The van der Waals surface area contributed by atoms with Crippen LogP contribution in [-0.4, -0.2) is 57.2 Å². The van der Waals surface area contributed by atoms with Crippen LogP contribution in [0.15, 0.2) is 77.9 Å². The Kier molecular flexibility index (Phi) is 7.44. The van der Waals surface area contributed by atoms with Crippen molar-refractivity contribution in [1.29, 1.82) is 0 Å². The number of primary amides is 1. The summed E-state index contributed by atoms with van der Waals surface area (Å²) in [5, 5.41) is 3.98. The van der Waals surface area contributed by atoms with Gasteiger partial charge in [-0.05, 0) is 72.9 Å². The van der Waals surface area contributed by atoms with E-state index in [0.717, 1.165) is 37.9 Å². The minimum atomic E-state index is -0.632. The minimum Gasteiger partial charge on any atom is -0.450 e. The molecule has 3 heterocycles. The molecular weight excluding hydrogens is 560 g/mol. The van der Waals surface area contributed by atoms with E-state index < -0.39 is 17.5 Å². The molecule has 0 fully saturated rings. The maximum atomic E-state index is 13.2. The van der Waals surface area contributed by atoms with E-state index in [9.17, 15) is 19.2 Å². The Bertz CT molecular complexity index is 2060. The number of benzene rings is 3. The molecule has 2 aromatic heterocycles. The molecule has 0 atom stereocenters. The number of H-pyrrole nitrogens is 1. The van der Waals surface area contributed by atoms with Crippen LogP contribution in [-0.2, 0) is 4.74 Å². The van der Waals surface area contributed by atoms with E-state index in [0.29, 0.717) is 53.8 Å². The molecule has 3 aromatic carbocycles. The molecule has 0 saturated carbocycles. The summed E-state index contributed by atoms with van der Waals surface area (Å²) in [6.07, 6.45) is 3.45. The third-order valence-corrected chi connectivity index (χ3v) is 7.89. The van der Waals surface area contributed by atoms with E-state index in [-0.39, 0.29) is 6.09 Å². The Morgan fingerprint density at radius 2 is 1.86 bits per heavy atom. The number of rotatable bonds is 5. The summed E-state index contributed by atoms with van der Waals surface area (Å²) in [5.41, 5.74) is 11.5. The number of anilines is 1. The summed E-state index contributed by atoms with van der Waals surface area (Å²) >= 11 is 0. The molecule has 0 unspecified atom stereocenters. The van der Waals surface area contributed by atoms with E-state index in [4.69, 9.17) is 10.5 Å². The second-order valence-electron chi connectivity index (χ2n) is 10.5. The van der Waals surface area contributed by atoms with Crippen LogP contribution in [0.25, 0.3) is 38.5 Å². The van der Waals surface area contributed by atoms with Gasteiger partial charge in [-0.3, -0.25) is 9.59 Å². The molecule has 5 aromatic rings. The van der Waals surface area contributed by atoms with Crippen molar-refractivity contribution in [3.8, 4) is 11.1 Å². The zero-order valence-corrected chi connectivity index (χ0v) is 24.2. The number of nitrogens with zero attached hydrogens (tertiary/aromatic N) is 3. The standard InChI is InChI=1S/C33H30N6O5/c1-3-44-33(43)38-15-13-20(14-16-38)28-17-25-22(11-12-24(30(34)40)29(25)36-28)21-8-6-10-26(19(21)2)37-32(42)39-18-35-27-9-5-4-7-23(27)31(39)41/h4-13,17-18,36H,3,14-16H2,1-2H3,(H2,34,40)(H,37,42). The lowest BCUT2D eigenvalue weighted by Crippen LogP contribution is -2.35. The first kappa shape index (κ1) is 28.4. The summed E-state index contributed by atoms with van der Waals surface area (Å²) in [5.74, 6) is -0.562. The Morgan fingerprint density at radius 1 is 1.05 bits per heavy atom. The van der Waals surface area contributed by atoms with Crippen LogP contribution in [0.3, 0.4) is 0 Å². The first-order valence-corrected chi connectivity index (χ1v) is 14.2. The van der Waals surface area contributed by atoms with Gasteiger partial charge < -0.3 is 25.7 Å². The first-order valence-electron chi connectivity index (χ1n) is 14.2. The van der Waals surface area contributed by atoms with E-state index in [2.05, 4.69) is 15.3 Å². The summed E-state index contributed by atoms with van der Waals surface area (Å²) in [4.78, 5) is 60.0. The number of carbonyl (C=O) groups excluding carboxylic acids is 3. The number of hydrogen-bond acceptors (Lipinski definition) is 6. The number of nitrogens with one attached hydrogen (secondary N) is 2. The van der Waals surface area contributed by atoms with Crippen LogP contribution in [0, 0.1) is 6.92 Å². The van der Waals surface area contributed by atoms with Gasteiger partial charge in [-0.25, -0.2) is 19.1 Å². The number of fused-ring (bicyclic) bond motifs is 2. The molecule has 0 bridgehead atoms. The lowest BCUT2D eigenvalue weighted by molar-refractivity contribution is 0.100. The third-order valence-electron chi connectivity index (χ3n) is 7.89. The predicted molar refractivity (Wildman–Crippen MR) is 169 cm³/mol. The van der Waals surface area contributed by atoms with Crippen molar-refractivity contribution in [2.24, 2.45) is 5.73 Å². The number of aromatic nitrogens is 3. The number of aromatic amines is 1. The van der Waals surface area contributed by atoms with E-state index >= 15 is 0 Å². The van der Waals surface area contributed by atoms with Gasteiger partial charge in [0.1, 0.15) is 6.33 Å². The fourth-order valence-corrected chi connectivity index (χ4v) is 5.58. The monoisotopic (exact) mass is 590 g/mol. The van der Waals surface area contributed by atoms with Crippen molar-refractivity contribution < 1.29 is 19.1 Å². The largest absolute Gasteiger partial charge is 0.450 e. The molecular formula is C33H30N6O5. The summed E-state index contributed by atoms with van der Waals surface area (Å²) < 4.78 is 6.07. The van der Waals surface area contributed by atoms with Crippen LogP contribution < -0.4 is 16.6 Å². The third kappa shape index (κ3) is 5.08. The molecule has 0 aliphatic carbocycles. The molecule has 6 rings (SSSR count). The van der Waals surface area contributed by atoms with Gasteiger partial charge in [0.05, 0.1) is 28.6 Å². The highest BCUT2D eigenvalue weighted by Crippen LogP contribution is 2.37. The van der Waals surface area contributed by atoms with Gasteiger partial charge in [0.2, 0.25) is 0 Å². The van der Waals surface area contributed by atoms with Crippen molar-refractivity contribution in [3.05, 3.63) is 100 Å². The van der Waals surface area contributed by atoms with Gasteiger partial charge in [0.15, 0.2) is 0 Å².